The second-order valence-electron chi connectivity index (χ2n) is 8.24. The molecule has 3 heterocycles. The highest BCUT2D eigenvalue weighted by Gasteiger charge is 2.16. The molecule has 0 saturated carbocycles. The number of hydrogen-bond acceptors (Lipinski definition) is 9. The Labute approximate surface area is 209 Å². The van der Waals surface area contributed by atoms with Gasteiger partial charge in [-0.3, -0.25) is 9.89 Å². The molecule has 1 amide bonds. The molecule has 1 aliphatic rings. The molecular formula is C24H30N6O4S. The van der Waals surface area contributed by atoms with Gasteiger partial charge in [-0.1, -0.05) is 0 Å². The Kier molecular flexibility index (Phi) is 8.59. The van der Waals surface area contributed by atoms with Crippen molar-refractivity contribution in [1.29, 1.82) is 0 Å². The molecule has 1 unspecified atom stereocenters. The first-order chi connectivity index (χ1) is 17.0. The van der Waals surface area contributed by atoms with Crippen LogP contribution in [0.1, 0.15) is 17.3 Å². The second kappa shape index (κ2) is 12.0. The molecule has 4 rings (SSSR count). The zero-order valence-corrected chi connectivity index (χ0v) is 20.9. The third-order valence-corrected chi connectivity index (χ3v) is 6.36. The molecule has 0 spiro atoms. The van der Waals surface area contributed by atoms with Gasteiger partial charge >= 0.3 is 0 Å². The minimum Gasteiger partial charge on any atom is -0.472 e. The number of benzene rings is 1. The van der Waals surface area contributed by atoms with E-state index in [0.29, 0.717) is 23.7 Å². The summed E-state index contributed by atoms with van der Waals surface area (Å²) in [6, 6.07) is 12.6. The summed E-state index contributed by atoms with van der Waals surface area (Å²) in [6.07, 6.45) is 1.31. The van der Waals surface area contributed by atoms with Crippen LogP contribution in [-0.2, 0) is 4.74 Å². The molecule has 10 nitrogen and oxygen atoms in total. The predicted molar refractivity (Wildman–Crippen MR) is 134 cm³/mol. The number of nitrogens with one attached hydrogen (secondary N) is 2. The van der Waals surface area contributed by atoms with Crippen molar-refractivity contribution in [2.24, 2.45) is 0 Å². The van der Waals surface area contributed by atoms with Crippen LogP contribution in [0.3, 0.4) is 0 Å². The number of pyridine rings is 1. The highest BCUT2D eigenvalue weighted by molar-refractivity contribution is 7.97. The molecule has 1 aliphatic heterocycles. The number of carbonyl (C=O) groups excluding carboxylic acids is 1. The average molecular weight is 499 g/mol. The van der Waals surface area contributed by atoms with Crippen molar-refractivity contribution in [3.05, 3.63) is 54.2 Å². The topological polar surface area (TPSA) is 105 Å². The fourth-order valence-corrected chi connectivity index (χ4v) is 4.34. The molecule has 2 N–H and O–H groups in total. The Balaban J connectivity index is 1.47. The lowest BCUT2D eigenvalue weighted by Gasteiger charge is -2.31. The SMILES string of the molecule is COCC(C)Oc1cc(C(=O)Nc2ccn[nH]2)cc(Oc2ccc(SN3CCN(C)CC3)cc2)n1. The summed E-state index contributed by atoms with van der Waals surface area (Å²) in [5.41, 5.74) is 0.339. The highest BCUT2D eigenvalue weighted by atomic mass is 32.2. The van der Waals surface area contributed by atoms with Gasteiger partial charge in [0.15, 0.2) is 0 Å². The molecule has 11 heteroatoms. The van der Waals surface area contributed by atoms with Crippen LogP contribution in [0.2, 0.25) is 0 Å². The summed E-state index contributed by atoms with van der Waals surface area (Å²) in [5.74, 6) is 1.27. The van der Waals surface area contributed by atoms with Gasteiger partial charge in [-0.05, 0) is 50.2 Å². The summed E-state index contributed by atoms with van der Waals surface area (Å²) < 4.78 is 19.3. The molecule has 0 aliphatic carbocycles. The first kappa shape index (κ1) is 25.0. The molecule has 35 heavy (non-hydrogen) atoms. The number of aromatic nitrogens is 3. The van der Waals surface area contributed by atoms with E-state index in [1.807, 2.05) is 31.2 Å². The van der Waals surface area contributed by atoms with E-state index in [1.54, 1.807) is 43.5 Å². The van der Waals surface area contributed by atoms with E-state index in [9.17, 15) is 4.79 Å². The number of rotatable bonds is 10. The smallest absolute Gasteiger partial charge is 0.257 e. The van der Waals surface area contributed by atoms with Crippen molar-refractivity contribution in [2.45, 2.75) is 17.9 Å². The van der Waals surface area contributed by atoms with E-state index in [2.05, 4.69) is 36.8 Å². The fraction of sp³-hybridized carbons (Fsp3) is 0.375. The maximum Gasteiger partial charge on any atom is 0.257 e. The Morgan fingerprint density at radius 3 is 2.57 bits per heavy atom. The van der Waals surface area contributed by atoms with Gasteiger partial charge in [0.25, 0.3) is 5.91 Å². The van der Waals surface area contributed by atoms with Gasteiger partial charge in [0.05, 0.1) is 18.4 Å². The second-order valence-corrected chi connectivity index (χ2v) is 9.41. The summed E-state index contributed by atoms with van der Waals surface area (Å²) >= 11 is 1.75. The van der Waals surface area contributed by atoms with Crippen LogP contribution in [0.4, 0.5) is 5.82 Å². The van der Waals surface area contributed by atoms with Crippen molar-refractivity contribution < 1.29 is 19.0 Å². The number of ether oxygens (including phenoxy) is 3. The van der Waals surface area contributed by atoms with Crippen LogP contribution in [0.5, 0.6) is 17.5 Å². The van der Waals surface area contributed by atoms with Gasteiger partial charge in [-0.15, -0.1) is 0 Å². The van der Waals surface area contributed by atoms with E-state index in [1.165, 1.54) is 0 Å². The Bertz CT molecular complexity index is 1090. The number of aromatic amines is 1. The Morgan fingerprint density at radius 2 is 1.89 bits per heavy atom. The predicted octanol–water partition coefficient (Wildman–Crippen LogP) is 3.52. The van der Waals surface area contributed by atoms with Crippen molar-refractivity contribution in [1.82, 2.24) is 24.4 Å². The van der Waals surface area contributed by atoms with Gasteiger partial charge in [0.1, 0.15) is 17.7 Å². The van der Waals surface area contributed by atoms with E-state index < -0.39 is 0 Å². The molecule has 0 radical (unpaired) electrons. The van der Waals surface area contributed by atoms with Crippen LogP contribution < -0.4 is 14.8 Å². The zero-order valence-electron chi connectivity index (χ0n) is 20.1. The summed E-state index contributed by atoms with van der Waals surface area (Å²) in [6.45, 7) is 6.44. The monoisotopic (exact) mass is 498 g/mol. The van der Waals surface area contributed by atoms with Gasteiger partial charge in [0.2, 0.25) is 11.8 Å². The Morgan fingerprint density at radius 1 is 1.14 bits per heavy atom. The molecule has 1 fully saturated rings. The molecule has 186 valence electrons. The molecule has 1 aromatic carbocycles. The number of nitrogens with zero attached hydrogens (tertiary/aromatic N) is 4. The molecule has 1 atom stereocenters. The lowest BCUT2D eigenvalue weighted by atomic mass is 10.2. The van der Waals surface area contributed by atoms with Gasteiger partial charge < -0.3 is 24.4 Å². The maximum atomic E-state index is 12.8. The van der Waals surface area contributed by atoms with Crippen LogP contribution in [-0.4, -0.2) is 83.3 Å². The van der Waals surface area contributed by atoms with E-state index in [-0.39, 0.29) is 23.8 Å². The third-order valence-electron chi connectivity index (χ3n) is 5.26. The number of hydrogen-bond donors (Lipinski definition) is 2. The molecule has 0 bridgehead atoms. The van der Waals surface area contributed by atoms with Gasteiger partial charge in [-0.2, -0.15) is 10.1 Å². The lowest BCUT2D eigenvalue weighted by molar-refractivity contribution is 0.0882. The van der Waals surface area contributed by atoms with Gasteiger partial charge in [-0.25, -0.2) is 4.31 Å². The Hall–Kier alpha value is -3.12. The number of likely N-dealkylation sites (N-methyl/N-ethyl adjacent to an activating group) is 1. The fourth-order valence-electron chi connectivity index (χ4n) is 3.44. The molecular weight excluding hydrogens is 468 g/mol. The van der Waals surface area contributed by atoms with Crippen LogP contribution in [0.25, 0.3) is 0 Å². The van der Waals surface area contributed by atoms with Crippen LogP contribution >= 0.6 is 11.9 Å². The molecule has 2 aromatic heterocycles. The minimum absolute atomic E-state index is 0.251. The number of anilines is 1. The van der Waals surface area contributed by atoms with Crippen molar-refractivity contribution in [2.75, 3.05) is 52.3 Å². The average Bonchev–Trinajstić information content (AvgIpc) is 3.35. The lowest BCUT2D eigenvalue weighted by Crippen LogP contribution is -2.40. The van der Waals surface area contributed by atoms with Crippen molar-refractivity contribution in [3.8, 4) is 17.5 Å². The quantitative estimate of drug-likeness (QED) is 0.406. The van der Waals surface area contributed by atoms with E-state index in [4.69, 9.17) is 14.2 Å². The number of piperazine rings is 1. The highest BCUT2D eigenvalue weighted by Crippen LogP contribution is 2.29. The third kappa shape index (κ3) is 7.43. The first-order valence-electron chi connectivity index (χ1n) is 11.4. The molecule has 1 saturated heterocycles. The van der Waals surface area contributed by atoms with Crippen LogP contribution in [0, 0.1) is 0 Å². The number of methoxy groups -OCH3 is 1. The van der Waals surface area contributed by atoms with Crippen LogP contribution in [0.15, 0.2) is 53.6 Å². The summed E-state index contributed by atoms with van der Waals surface area (Å²) in [4.78, 5) is 20.7. The van der Waals surface area contributed by atoms with E-state index >= 15 is 0 Å². The summed E-state index contributed by atoms with van der Waals surface area (Å²) in [5, 5.41) is 9.31. The van der Waals surface area contributed by atoms with Gasteiger partial charge in [0, 0.05) is 56.4 Å². The minimum atomic E-state index is -0.343. The number of H-pyrrole nitrogens is 1. The van der Waals surface area contributed by atoms with E-state index in [0.717, 1.165) is 31.1 Å². The normalized spacial score (nSPS) is 15.5. The van der Waals surface area contributed by atoms with Crippen molar-refractivity contribution in [3.63, 3.8) is 0 Å². The largest absolute Gasteiger partial charge is 0.472 e. The zero-order chi connectivity index (χ0) is 24.6. The van der Waals surface area contributed by atoms with Crippen molar-refractivity contribution >= 4 is 23.7 Å². The first-order valence-corrected chi connectivity index (χ1v) is 12.1. The number of carbonyl (C=O) groups is 1. The standard InChI is InChI=1S/C24H30N6O4S/c1-17(16-32-3)33-22-14-18(24(31)26-21-8-9-25-28-21)15-23(27-22)34-19-4-6-20(7-5-19)35-30-12-10-29(2)11-13-30/h4-9,14-15,17H,10-13,16H2,1-3H3,(H2,25,26,28,31). The maximum absolute atomic E-state index is 12.8. The number of amides is 1. The molecule has 3 aromatic rings. The summed E-state index contributed by atoms with van der Waals surface area (Å²) in [7, 11) is 3.74.